The highest BCUT2D eigenvalue weighted by Gasteiger charge is 2.24. The number of nitrogens with zero attached hydrogens (tertiary/aromatic N) is 1. The monoisotopic (exact) mass is 248 g/mol. The topological polar surface area (TPSA) is 52.6 Å². The van der Waals surface area contributed by atoms with Crippen LogP contribution in [-0.4, -0.2) is 31.2 Å². The number of hydrogen-bond donors (Lipinski definition) is 2. The molecular formula is C14H20N2O2. The Labute approximate surface area is 108 Å². The van der Waals surface area contributed by atoms with Gasteiger partial charge in [0, 0.05) is 37.0 Å². The lowest BCUT2D eigenvalue weighted by Crippen LogP contribution is -2.26. The molecule has 0 spiro atoms. The lowest BCUT2D eigenvalue weighted by molar-refractivity contribution is -0.117. The lowest BCUT2D eigenvalue weighted by atomic mass is 9.95. The molecule has 0 aromatic heterocycles. The summed E-state index contributed by atoms with van der Waals surface area (Å²) in [5.41, 5.74) is 2.91. The van der Waals surface area contributed by atoms with Gasteiger partial charge in [-0.3, -0.25) is 4.79 Å². The van der Waals surface area contributed by atoms with E-state index in [1.165, 1.54) is 0 Å². The molecule has 1 aromatic carbocycles. The molecule has 2 N–H and O–H groups in total. The minimum atomic E-state index is -0.147. The summed E-state index contributed by atoms with van der Waals surface area (Å²) >= 11 is 0. The van der Waals surface area contributed by atoms with E-state index in [2.05, 4.69) is 5.32 Å². The number of carbonyl (C=O) groups excluding carboxylic acids is 1. The Morgan fingerprint density at radius 2 is 2.17 bits per heavy atom. The van der Waals surface area contributed by atoms with Crippen LogP contribution in [0.3, 0.4) is 0 Å². The van der Waals surface area contributed by atoms with E-state index in [9.17, 15) is 9.90 Å². The number of likely N-dealkylation sites (N-methyl/N-ethyl adjacent to an activating group) is 1. The van der Waals surface area contributed by atoms with Crippen molar-refractivity contribution in [3.63, 3.8) is 0 Å². The maximum atomic E-state index is 11.6. The highest BCUT2D eigenvalue weighted by molar-refractivity contribution is 6.01. The van der Waals surface area contributed by atoms with Crippen LogP contribution in [0.2, 0.25) is 0 Å². The van der Waals surface area contributed by atoms with Gasteiger partial charge in [0.2, 0.25) is 5.91 Å². The van der Waals surface area contributed by atoms with E-state index in [1.54, 1.807) is 11.9 Å². The molecule has 0 saturated heterocycles. The van der Waals surface area contributed by atoms with E-state index < -0.39 is 0 Å². The Kier molecular flexibility index (Phi) is 3.30. The van der Waals surface area contributed by atoms with Gasteiger partial charge in [0.1, 0.15) is 0 Å². The Morgan fingerprint density at radius 1 is 1.44 bits per heavy atom. The summed E-state index contributed by atoms with van der Waals surface area (Å²) in [5, 5.41) is 12.5. The summed E-state index contributed by atoms with van der Waals surface area (Å²) in [6.45, 7) is 4.85. The maximum Gasteiger partial charge on any atom is 0.231 e. The third-order valence-corrected chi connectivity index (χ3v) is 3.36. The van der Waals surface area contributed by atoms with Gasteiger partial charge in [-0.25, -0.2) is 0 Å². The molecule has 0 saturated carbocycles. The van der Waals surface area contributed by atoms with Crippen LogP contribution in [0.15, 0.2) is 18.2 Å². The third kappa shape index (κ3) is 2.48. The number of fused-ring (bicyclic) bond motifs is 1. The van der Waals surface area contributed by atoms with Crippen molar-refractivity contribution >= 4 is 17.3 Å². The lowest BCUT2D eigenvalue weighted by Gasteiger charge is -2.22. The van der Waals surface area contributed by atoms with Crippen molar-refractivity contribution in [2.24, 2.45) is 5.41 Å². The van der Waals surface area contributed by atoms with Crippen molar-refractivity contribution in [3.05, 3.63) is 23.8 Å². The van der Waals surface area contributed by atoms with Crippen molar-refractivity contribution in [2.45, 2.75) is 20.3 Å². The van der Waals surface area contributed by atoms with Crippen LogP contribution in [0.4, 0.5) is 11.4 Å². The summed E-state index contributed by atoms with van der Waals surface area (Å²) in [7, 11) is 1.80. The van der Waals surface area contributed by atoms with Crippen LogP contribution < -0.4 is 10.2 Å². The fourth-order valence-corrected chi connectivity index (χ4v) is 1.98. The Hall–Kier alpha value is -1.55. The van der Waals surface area contributed by atoms with E-state index in [-0.39, 0.29) is 17.9 Å². The smallest absolute Gasteiger partial charge is 0.231 e. The van der Waals surface area contributed by atoms with Crippen LogP contribution >= 0.6 is 0 Å². The molecule has 18 heavy (non-hydrogen) atoms. The normalized spacial score (nSPS) is 14.9. The Balaban J connectivity index is 2.10. The van der Waals surface area contributed by atoms with Gasteiger partial charge in [0.25, 0.3) is 0 Å². The largest absolute Gasteiger partial charge is 0.396 e. The quantitative estimate of drug-likeness (QED) is 0.851. The van der Waals surface area contributed by atoms with Gasteiger partial charge in [-0.15, -0.1) is 0 Å². The predicted molar refractivity (Wildman–Crippen MR) is 72.9 cm³/mol. The van der Waals surface area contributed by atoms with E-state index in [0.29, 0.717) is 13.0 Å². The van der Waals surface area contributed by atoms with Crippen molar-refractivity contribution in [3.8, 4) is 0 Å². The molecule has 2 rings (SSSR count). The molecule has 0 bridgehead atoms. The number of anilines is 2. The first-order valence-corrected chi connectivity index (χ1v) is 6.17. The second-order valence-electron chi connectivity index (χ2n) is 5.65. The molecule has 0 unspecified atom stereocenters. The molecule has 1 heterocycles. The summed E-state index contributed by atoms with van der Waals surface area (Å²) < 4.78 is 0. The third-order valence-electron chi connectivity index (χ3n) is 3.36. The van der Waals surface area contributed by atoms with Crippen LogP contribution in [0.5, 0.6) is 0 Å². The highest BCUT2D eigenvalue weighted by atomic mass is 16.3. The zero-order valence-electron chi connectivity index (χ0n) is 11.2. The molecule has 0 fully saturated rings. The molecular weight excluding hydrogens is 228 g/mol. The van der Waals surface area contributed by atoms with E-state index in [0.717, 1.165) is 16.9 Å². The van der Waals surface area contributed by atoms with Crippen molar-refractivity contribution in [1.82, 2.24) is 0 Å². The van der Waals surface area contributed by atoms with E-state index in [1.807, 2.05) is 32.0 Å². The number of aliphatic hydroxyl groups excluding tert-OH is 1. The van der Waals surface area contributed by atoms with E-state index in [4.69, 9.17) is 0 Å². The fourth-order valence-electron chi connectivity index (χ4n) is 1.98. The van der Waals surface area contributed by atoms with Gasteiger partial charge in [0.05, 0.1) is 6.42 Å². The molecule has 4 nitrogen and oxygen atoms in total. The van der Waals surface area contributed by atoms with Gasteiger partial charge < -0.3 is 15.3 Å². The first kappa shape index (κ1) is 12.9. The first-order chi connectivity index (χ1) is 8.43. The molecule has 0 radical (unpaired) electrons. The second kappa shape index (κ2) is 4.61. The standard InChI is InChI=1S/C14H20N2O2/c1-14(2,9-17)8-15-11-4-5-12-10(6-11)7-13(18)16(12)3/h4-6,15,17H,7-9H2,1-3H3. The summed E-state index contributed by atoms with van der Waals surface area (Å²) in [6.07, 6.45) is 0.477. The molecule has 1 aromatic rings. The van der Waals surface area contributed by atoms with Crippen LogP contribution in [-0.2, 0) is 11.2 Å². The number of rotatable bonds is 4. The van der Waals surface area contributed by atoms with Gasteiger partial charge in [-0.05, 0) is 23.8 Å². The van der Waals surface area contributed by atoms with Gasteiger partial charge in [0.15, 0.2) is 0 Å². The first-order valence-electron chi connectivity index (χ1n) is 6.17. The molecule has 0 atom stereocenters. The average Bonchev–Trinajstić information content (AvgIpc) is 2.62. The summed E-state index contributed by atoms with van der Waals surface area (Å²) in [6, 6.07) is 5.96. The minimum absolute atomic E-state index is 0.137. The Bertz CT molecular complexity index is 469. The predicted octanol–water partition coefficient (Wildman–Crippen LogP) is 1.64. The molecule has 0 aliphatic carbocycles. The van der Waals surface area contributed by atoms with Crippen molar-refractivity contribution in [1.29, 1.82) is 0 Å². The zero-order chi connectivity index (χ0) is 13.3. The number of hydrogen-bond acceptors (Lipinski definition) is 3. The second-order valence-corrected chi connectivity index (χ2v) is 5.65. The van der Waals surface area contributed by atoms with Crippen molar-refractivity contribution < 1.29 is 9.90 Å². The SMILES string of the molecule is CN1C(=O)Cc2cc(NCC(C)(C)CO)ccc21. The molecule has 1 aliphatic rings. The number of carbonyl (C=O) groups is 1. The van der Waals surface area contributed by atoms with Gasteiger partial charge in [-0.1, -0.05) is 13.8 Å². The van der Waals surface area contributed by atoms with Crippen LogP contribution in [0.1, 0.15) is 19.4 Å². The molecule has 1 aliphatic heterocycles. The number of nitrogens with one attached hydrogen (secondary N) is 1. The molecule has 98 valence electrons. The highest BCUT2D eigenvalue weighted by Crippen LogP contribution is 2.30. The summed E-state index contributed by atoms with van der Waals surface area (Å²) in [5.74, 6) is 0.137. The maximum absolute atomic E-state index is 11.6. The summed E-state index contributed by atoms with van der Waals surface area (Å²) in [4.78, 5) is 13.3. The minimum Gasteiger partial charge on any atom is -0.396 e. The molecule has 1 amide bonds. The molecule has 4 heteroatoms. The average molecular weight is 248 g/mol. The van der Waals surface area contributed by atoms with E-state index >= 15 is 0 Å². The number of amides is 1. The Morgan fingerprint density at radius 3 is 2.83 bits per heavy atom. The van der Waals surface area contributed by atoms with Gasteiger partial charge >= 0.3 is 0 Å². The van der Waals surface area contributed by atoms with Crippen molar-refractivity contribution in [2.75, 3.05) is 30.4 Å². The number of aliphatic hydroxyl groups is 1. The van der Waals surface area contributed by atoms with Crippen LogP contribution in [0, 0.1) is 5.41 Å². The van der Waals surface area contributed by atoms with Crippen LogP contribution in [0.25, 0.3) is 0 Å². The zero-order valence-corrected chi connectivity index (χ0v) is 11.2. The number of benzene rings is 1. The van der Waals surface area contributed by atoms with Gasteiger partial charge in [-0.2, -0.15) is 0 Å². The fraction of sp³-hybridized carbons (Fsp3) is 0.500.